The molecule has 194 valence electrons. The Morgan fingerprint density at radius 3 is 2.49 bits per heavy atom. The zero-order chi connectivity index (χ0) is 25.8. The van der Waals surface area contributed by atoms with Crippen molar-refractivity contribution in [2.24, 2.45) is 17.3 Å². The number of fused-ring (bicyclic) bond motifs is 1. The van der Waals surface area contributed by atoms with E-state index in [1.54, 1.807) is 26.8 Å². The Morgan fingerprint density at radius 1 is 1.14 bits per heavy atom. The van der Waals surface area contributed by atoms with Gasteiger partial charge in [-0.1, -0.05) is 48.5 Å². The fraction of sp³-hybridized carbons (Fsp3) is 0.655. The Morgan fingerprint density at radius 2 is 1.83 bits per heavy atom. The van der Waals surface area contributed by atoms with Crippen molar-refractivity contribution in [2.45, 2.75) is 96.9 Å². The van der Waals surface area contributed by atoms with Gasteiger partial charge in [0.2, 0.25) is 0 Å². The summed E-state index contributed by atoms with van der Waals surface area (Å²) < 4.78 is 9.97. The predicted molar refractivity (Wildman–Crippen MR) is 136 cm³/mol. The summed E-state index contributed by atoms with van der Waals surface area (Å²) in [6.07, 6.45) is 13.0. The van der Waals surface area contributed by atoms with Gasteiger partial charge in [0.15, 0.2) is 11.4 Å². The van der Waals surface area contributed by atoms with Gasteiger partial charge in [-0.3, -0.25) is 4.79 Å². The molecule has 0 unspecified atom stereocenters. The van der Waals surface area contributed by atoms with Crippen LogP contribution in [0.15, 0.2) is 47.6 Å². The van der Waals surface area contributed by atoms with E-state index in [4.69, 9.17) is 9.47 Å². The van der Waals surface area contributed by atoms with Crippen molar-refractivity contribution in [3.8, 4) is 0 Å². The number of carbonyl (C=O) groups is 2. The van der Waals surface area contributed by atoms with Crippen LogP contribution in [-0.4, -0.2) is 46.6 Å². The molecule has 0 aromatic rings. The van der Waals surface area contributed by atoms with E-state index in [1.807, 2.05) is 0 Å². The van der Waals surface area contributed by atoms with E-state index in [0.29, 0.717) is 25.2 Å². The number of allylic oxidation sites excluding steroid dienone is 5. The summed E-state index contributed by atoms with van der Waals surface area (Å²) in [5.74, 6) is 0.431. The van der Waals surface area contributed by atoms with E-state index >= 15 is 0 Å². The summed E-state index contributed by atoms with van der Waals surface area (Å²) in [6, 6.07) is 0. The third kappa shape index (κ3) is 6.53. The molecule has 6 nitrogen and oxygen atoms in total. The molecule has 0 spiro atoms. The molecule has 3 rings (SSSR count). The average molecular weight is 487 g/mol. The van der Waals surface area contributed by atoms with E-state index in [0.717, 1.165) is 43.3 Å². The first-order chi connectivity index (χ1) is 16.5. The van der Waals surface area contributed by atoms with E-state index in [1.165, 1.54) is 11.6 Å². The van der Waals surface area contributed by atoms with E-state index in [2.05, 4.69) is 25.7 Å². The highest BCUT2D eigenvalue weighted by atomic mass is 16.7. The van der Waals surface area contributed by atoms with Gasteiger partial charge in [0, 0.05) is 0 Å². The second kappa shape index (κ2) is 11.3. The van der Waals surface area contributed by atoms with E-state index < -0.39 is 24.0 Å². The summed E-state index contributed by atoms with van der Waals surface area (Å²) in [5, 5.41) is 20.0. The second-order valence-corrected chi connectivity index (χ2v) is 11.1. The zero-order valence-corrected chi connectivity index (χ0v) is 21.7. The normalized spacial score (nSPS) is 32.4. The van der Waals surface area contributed by atoms with Gasteiger partial charge in [0.05, 0.1) is 18.8 Å². The van der Waals surface area contributed by atoms with Gasteiger partial charge >= 0.3 is 6.16 Å². The first-order valence-corrected chi connectivity index (χ1v) is 13.0. The van der Waals surface area contributed by atoms with Crippen LogP contribution in [0.1, 0.15) is 79.1 Å². The molecule has 0 radical (unpaired) electrons. The van der Waals surface area contributed by atoms with Crippen LogP contribution >= 0.6 is 0 Å². The van der Waals surface area contributed by atoms with Gasteiger partial charge in [0.25, 0.3) is 0 Å². The van der Waals surface area contributed by atoms with Crippen molar-refractivity contribution in [1.82, 2.24) is 0 Å². The summed E-state index contributed by atoms with van der Waals surface area (Å²) in [5.41, 5.74) is 2.27. The minimum Gasteiger partial charge on any atom is -0.435 e. The number of ether oxygens (including phenoxy) is 2. The summed E-state index contributed by atoms with van der Waals surface area (Å²) in [6.45, 7) is 11.7. The van der Waals surface area contributed by atoms with Crippen molar-refractivity contribution < 1.29 is 29.3 Å². The first kappa shape index (κ1) is 27.4. The third-order valence-corrected chi connectivity index (χ3v) is 8.13. The Balaban J connectivity index is 1.68. The van der Waals surface area contributed by atoms with Gasteiger partial charge in [-0.05, 0) is 95.5 Å². The molecule has 3 fully saturated rings. The van der Waals surface area contributed by atoms with Crippen molar-refractivity contribution in [3.05, 3.63) is 47.6 Å². The van der Waals surface area contributed by atoms with Crippen LogP contribution in [0.5, 0.6) is 0 Å². The molecule has 3 aliphatic carbocycles. The maximum absolute atomic E-state index is 12.7. The van der Waals surface area contributed by atoms with Gasteiger partial charge < -0.3 is 19.7 Å². The molecule has 2 N–H and O–H groups in total. The van der Waals surface area contributed by atoms with Gasteiger partial charge in [-0.15, -0.1) is 0 Å². The van der Waals surface area contributed by atoms with Crippen LogP contribution < -0.4 is 0 Å². The minimum absolute atomic E-state index is 0.0790. The largest absolute Gasteiger partial charge is 0.509 e. The van der Waals surface area contributed by atoms with Crippen molar-refractivity contribution in [1.29, 1.82) is 0 Å². The SMILES string of the molecule is C=C(/C=C/C(=O)C(C)(C)OC(=O)OCC)[C@H]1CC[C@H]2/C(=C/C=C3C[C@@H](O)C[C@H](O)C3)CCC[C@]12C. The van der Waals surface area contributed by atoms with E-state index in [9.17, 15) is 19.8 Å². The summed E-state index contributed by atoms with van der Waals surface area (Å²) in [7, 11) is 0. The van der Waals surface area contributed by atoms with Crippen LogP contribution in [0, 0.1) is 17.3 Å². The number of hydrogen-bond acceptors (Lipinski definition) is 6. The molecular formula is C29H42O6. The van der Waals surface area contributed by atoms with Gasteiger partial charge in [-0.2, -0.15) is 0 Å². The quantitative estimate of drug-likeness (QED) is 0.277. The molecule has 0 aromatic carbocycles. The number of ketones is 1. The van der Waals surface area contributed by atoms with Crippen LogP contribution in [-0.2, 0) is 14.3 Å². The monoisotopic (exact) mass is 486 g/mol. The van der Waals surface area contributed by atoms with Crippen LogP contribution in [0.4, 0.5) is 4.79 Å². The summed E-state index contributed by atoms with van der Waals surface area (Å²) in [4.78, 5) is 24.4. The molecule has 0 bridgehead atoms. The van der Waals surface area contributed by atoms with Crippen LogP contribution in [0.2, 0.25) is 0 Å². The lowest BCUT2D eigenvalue weighted by atomic mass is 9.62. The topological polar surface area (TPSA) is 93.1 Å². The van der Waals surface area contributed by atoms with Crippen molar-refractivity contribution >= 4 is 11.9 Å². The molecule has 0 aromatic heterocycles. The number of carbonyl (C=O) groups excluding carboxylic acids is 2. The molecular weight excluding hydrogens is 444 g/mol. The number of aliphatic hydroxyl groups is 2. The molecule has 0 amide bonds. The molecule has 0 heterocycles. The highest BCUT2D eigenvalue weighted by Crippen LogP contribution is 2.59. The molecule has 0 aliphatic heterocycles. The fourth-order valence-electron chi connectivity index (χ4n) is 6.28. The molecule has 35 heavy (non-hydrogen) atoms. The highest BCUT2D eigenvalue weighted by molar-refractivity contribution is 5.97. The number of rotatable bonds is 7. The average Bonchev–Trinajstić information content (AvgIpc) is 3.12. The molecule has 3 aliphatic rings. The molecule has 6 heteroatoms. The molecule has 0 saturated heterocycles. The number of hydrogen-bond donors (Lipinski definition) is 2. The van der Waals surface area contributed by atoms with Gasteiger partial charge in [0.1, 0.15) is 0 Å². The van der Waals surface area contributed by atoms with E-state index in [-0.39, 0.29) is 23.7 Å². The Hall–Kier alpha value is -2.18. The molecule has 3 saturated carbocycles. The summed E-state index contributed by atoms with van der Waals surface area (Å²) >= 11 is 0. The third-order valence-electron chi connectivity index (χ3n) is 8.13. The minimum atomic E-state index is -1.31. The zero-order valence-electron chi connectivity index (χ0n) is 21.7. The maximum atomic E-state index is 12.7. The lowest BCUT2D eigenvalue weighted by molar-refractivity contribution is -0.131. The lowest BCUT2D eigenvalue weighted by Gasteiger charge is -2.42. The fourth-order valence-corrected chi connectivity index (χ4v) is 6.28. The standard InChI is InChI=1S/C29H42O6/c1-6-34-27(33)35-28(3,4)26(32)14-9-19(2)24-12-13-25-21(8-7-15-29(24,25)5)11-10-20-16-22(30)18-23(31)17-20/h9-11,14,22-25,30-31H,2,6-8,12-13,15-18H2,1,3-5H3/b14-9+,21-11+/t22-,23-,24-,25+,29-/m1/s1. The predicted octanol–water partition coefficient (Wildman–Crippen LogP) is 5.59. The molecule has 5 atom stereocenters. The lowest BCUT2D eigenvalue weighted by Crippen LogP contribution is -2.36. The Bertz CT molecular complexity index is 898. The Kier molecular flexibility index (Phi) is 8.81. The Labute approximate surface area is 209 Å². The second-order valence-electron chi connectivity index (χ2n) is 11.1. The maximum Gasteiger partial charge on any atom is 0.509 e. The first-order valence-electron chi connectivity index (χ1n) is 13.0. The van der Waals surface area contributed by atoms with Crippen LogP contribution in [0.3, 0.4) is 0 Å². The number of aliphatic hydroxyl groups excluding tert-OH is 2. The van der Waals surface area contributed by atoms with Crippen molar-refractivity contribution in [3.63, 3.8) is 0 Å². The van der Waals surface area contributed by atoms with Crippen LogP contribution in [0.25, 0.3) is 0 Å². The highest BCUT2D eigenvalue weighted by Gasteiger charge is 2.49. The smallest absolute Gasteiger partial charge is 0.435 e. The van der Waals surface area contributed by atoms with Crippen molar-refractivity contribution in [2.75, 3.05) is 6.61 Å². The van der Waals surface area contributed by atoms with Gasteiger partial charge in [-0.25, -0.2) is 4.79 Å².